The third-order valence-electron chi connectivity index (χ3n) is 4.20. The number of aliphatic carboxylic acids is 1. The summed E-state index contributed by atoms with van der Waals surface area (Å²) in [5, 5.41) is 9.34. The van der Waals surface area contributed by atoms with Crippen LogP contribution in [0.2, 0.25) is 0 Å². The zero-order valence-electron chi connectivity index (χ0n) is 15.1. The first kappa shape index (κ1) is 19.2. The lowest BCUT2D eigenvalue weighted by atomic mass is 10.1. The third-order valence-corrected chi connectivity index (χ3v) is 5.12. The van der Waals surface area contributed by atoms with E-state index in [1.807, 2.05) is 60.7 Å². The van der Waals surface area contributed by atoms with Gasteiger partial charge in [-0.3, -0.25) is 4.79 Å². The van der Waals surface area contributed by atoms with Gasteiger partial charge >= 0.3 is 5.97 Å². The minimum Gasteiger partial charge on any atom is -0.481 e. The molecule has 2 aromatic carbocycles. The SMILES string of the molecule is O=C(O)CCCCCCSc1nc(-c2ccccc2)c(-c2ccccc2)o1. The molecule has 0 saturated carbocycles. The Labute approximate surface area is 163 Å². The number of nitrogens with zero attached hydrogens (tertiary/aromatic N) is 1. The maximum Gasteiger partial charge on any atom is 0.303 e. The monoisotopic (exact) mass is 381 g/mol. The summed E-state index contributed by atoms with van der Waals surface area (Å²) in [4.78, 5) is 15.2. The molecular weight excluding hydrogens is 358 g/mol. The van der Waals surface area contributed by atoms with Crippen LogP contribution in [0.5, 0.6) is 0 Å². The molecule has 0 fully saturated rings. The fourth-order valence-electron chi connectivity index (χ4n) is 2.83. The van der Waals surface area contributed by atoms with Gasteiger partial charge in [0, 0.05) is 23.3 Å². The highest BCUT2D eigenvalue weighted by Crippen LogP contribution is 2.35. The minimum atomic E-state index is -0.717. The maximum atomic E-state index is 10.5. The molecule has 27 heavy (non-hydrogen) atoms. The van der Waals surface area contributed by atoms with E-state index in [0.717, 1.165) is 54.0 Å². The van der Waals surface area contributed by atoms with Crippen molar-refractivity contribution in [2.24, 2.45) is 0 Å². The summed E-state index contributed by atoms with van der Waals surface area (Å²) in [6.45, 7) is 0. The van der Waals surface area contributed by atoms with E-state index in [1.54, 1.807) is 11.8 Å². The van der Waals surface area contributed by atoms with Gasteiger partial charge in [0.05, 0.1) is 0 Å². The molecule has 5 heteroatoms. The number of hydrogen-bond donors (Lipinski definition) is 1. The van der Waals surface area contributed by atoms with E-state index < -0.39 is 5.97 Å². The van der Waals surface area contributed by atoms with Crippen molar-refractivity contribution in [2.75, 3.05) is 5.75 Å². The normalized spacial score (nSPS) is 10.8. The smallest absolute Gasteiger partial charge is 0.303 e. The third kappa shape index (κ3) is 5.73. The average molecular weight is 381 g/mol. The van der Waals surface area contributed by atoms with Crippen LogP contribution in [0.25, 0.3) is 22.6 Å². The van der Waals surface area contributed by atoms with Crippen molar-refractivity contribution in [3.63, 3.8) is 0 Å². The topological polar surface area (TPSA) is 63.3 Å². The second-order valence-corrected chi connectivity index (χ2v) is 7.34. The van der Waals surface area contributed by atoms with Gasteiger partial charge in [-0.15, -0.1) is 0 Å². The summed E-state index contributed by atoms with van der Waals surface area (Å²) in [5.74, 6) is 0.993. The van der Waals surface area contributed by atoms with Crippen LogP contribution in [0.3, 0.4) is 0 Å². The summed E-state index contributed by atoms with van der Waals surface area (Å²) in [6.07, 6.45) is 4.00. The number of carboxylic acids is 1. The quantitative estimate of drug-likeness (QED) is 0.338. The van der Waals surface area contributed by atoms with Gasteiger partial charge in [0.2, 0.25) is 0 Å². The van der Waals surface area contributed by atoms with Crippen LogP contribution in [0.15, 0.2) is 70.3 Å². The lowest BCUT2D eigenvalue weighted by molar-refractivity contribution is -0.137. The highest BCUT2D eigenvalue weighted by atomic mass is 32.2. The number of unbranched alkanes of at least 4 members (excludes halogenated alkanes) is 3. The van der Waals surface area contributed by atoms with Crippen LogP contribution in [0.4, 0.5) is 0 Å². The fraction of sp³-hybridized carbons (Fsp3) is 0.273. The summed E-state index contributed by atoms with van der Waals surface area (Å²) in [5.41, 5.74) is 2.93. The Morgan fingerprint density at radius 2 is 1.52 bits per heavy atom. The van der Waals surface area contributed by atoms with E-state index in [1.165, 1.54) is 0 Å². The zero-order valence-corrected chi connectivity index (χ0v) is 16.0. The van der Waals surface area contributed by atoms with Crippen LogP contribution in [-0.4, -0.2) is 21.8 Å². The van der Waals surface area contributed by atoms with Gasteiger partial charge in [-0.1, -0.05) is 85.3 Å². The Bertz CT molecular complexity index is 790. The molecule has 0 spiro atoms. The van der Waals surface area contributed by atoms with Crippen molar-refractivity contribution in [3.8, 4) is 22.6 Å². The molecule has 0 aliphatic rings. The van der Waals surface area contributed by atoms with E-state index in [-0.39, 0.29) is 6.42 Å². The lowest BCUT2D eigenvalue weighted by Crippen LogP contribution is -1.93. The number of rotatable bonds is 10. The summed E-state index contributed by atoms with van der Waals surface area (Å²) in [6, 6.07) is 20.1. The summed E-state index contributed by atoms with van der Waals surface area (Å²) >= 11 is 1.61. The van der Waals surface area contributed by atoms with E-state index in [2.05, 4.69) is 0 Å². The minimum absolute atomic E-state index is 0.258. The van der Waals surface area contributed by atoms with Crippen LogP contribution >= 0.6 is 11.8 Å². The molecule has 3 aromatic rings. The summed E-state index contributed by atoms with van der Waals surface area (Å²) < 4.78 is 6.09. The van der Waals surface area contributed by atoms with Gasteiger partial charge in [-0.05, 0) is 12.8 Å². The Morgan fingerprint density at radius 3 is 2.19 bits per heavy atom. The number of hydrogen-bond acceptors (Lipinski definition) is 4. The van der Waals surface area contributed by atoms with Gasteiger partial charge in [0.15, 0.2) is 5.76 Å². The first-order valence-corrected chi connectivity index (χ1v) is 10.2. The molecule has 1 heterocycles. The molecule has 0 aliphatic heterocycles. The van der Waals surface area contributed by atoms with Crippen molar-refractivity contribution in [1.82, 2.24) is 4.98 Å². The molecule has 1 aromatic heterocycles. The number of thioether (sulfide) groups is 1. The molecule has 140 valence electrons. The molecule has 0 amide bonds. The molecule has 0 radical (unpaired) electrons. The average Bonchev–Trinajstić information content (AvgIpc) is 3.13. The maximum absolute atomic E-state index is 10.5. The predicted molar refractivity (Wildman–Crippen MR) is 109 cm³/mol. The molecule has 4 nitrogen and oxygen atoms in total. The number of benzene rings is 2. The Morgan fingerprint density at radius 1 is 0.889 bits per heavy atom. The van der Waals surface area contributed by atoms with Crippen LogP contribution < -0.4 is 0 Å². The van der Waals surface area contributed by atoms with Gasteiger partial charge in [0.1, 0.15) is 5.69 Å². The lowest BCUT2D eigenvalue weighted by Gasteiger charge is -2.00. The largest absolute Gasteiger partial charge is 0.481 e. The molecule has 0 aliphatic carbocycles. The van der Waals surface area contributed by atoms with E-state index in [0.29, 0.717) is 5.22 Å². The van der Waals surface area contributed by atoms with Crippen molar-refractivity contribution < 1.29 is 14.3 Å². The molecule has 3 rings (SSSR count). The number of carboxylic acid groups (broad SMARTS) is 1. The van der Waals surface area contributed by atoms with Gasteiger partial charge in [-0.25, -0.2) is 4.98 Å². The van der Waals surface area contributed by atoms with Crippen molar-refractivity contribution in [1.29, 1.82) is 0 Å². The number of aromatic nitrogens is 1. The molecular formula is C22H23NO3S. The molecule has 0 atom stereocenters. The van der Waals surface area contributed by atoms with Crippen LogP contribution in [0.1, 0.15) is 32.1 Å². The molecule has 0 unspecified atom stereocenters. The van der Waals surface area contributed by atoms with Gasteiger partial charge in [-0.2, -0.15) is 0 Å². The van der Waals surface area contributed by atoms with Crippen LogP contribution in [0, 0.1) is 0 Å². The fourth-order valence-corrected chi connectivity index (χ4v) is 3.65. The second-order valence-electron chi connectivity index (χ2n) is 6.30. The van der Waals surface area contributed by atoms with Gasteiger partial charge < -0.3 is 9.52 Å². The van der Waals surface area contributed by atoms with Crippen molar-refractivity contribution in [3.05, 3.63) is 60.7 Å². The van der Waals surface area contributed by atoms with E-state index in [4.69, 9.17) is 14.5 Å². The van der Waals surface area contributed by atoms with Crippen molar-refractivity contribution >= 4 is 17.7 Å². The predicted octanol–water partition coefficient (Wildman–Crippen LogP) is 6.14. The highest BCUT2D eigenvalue weighted by molar-refractivity contribution is 7.99. The first-order chi connectivity index (χ1) is 13.2. The Kier molecular flexibility index (Phi) is 7.11. The highest BCUT2D eigenvalue weighted by Gasteiger charge is 2.16. The van der Waals surface area contributed by atoms with Crippen molar-refractivity contribution in [2.45, 2.75) is 37.3 Å². The first-order valence-electron chi connectivity index (χ1n) is 9.20. The number of oxazole rings is 1. The summed E-state index contributed by atoms with van der Waals surface area (Å²) in [7, 11) is 0. The van der Waals surface area contributed by atoms with Gasteiger partial charge in [0.25, 0.3) is 5.22 Å². The molecule has 0 saturated heterocycles. The standard InChI is InChI=1S/C22H23NO3S/c24-19(25)15-9-1-2-10-16-27-22-23-20(17-11-5-3-6-12-17)21(26-22)18-13-7-4-8-14-18/h3-8,11-14H,1-2,9-10,15-16H2,(H,24,25). The van der Waals surface area contributed by atoms with E-state index in [9.17, 15) is 4.79 Å². The second kappa shape index (κ2) is 9.97. The van der Waals surface area contributed by atoms with Crippen LogP contribution in [-0.2, 0) is 4.79 Å². The Balaban J connectivity index is 1.65. The number of carbonyl (C=O) groups is 1. The van der Waals surface area contributed by atoms with E-state index >= 15 is 0 Å². The molecule has 0 bridgehead atoms. The Hall–Kier alpha value is -2.53. The zero-order chi connectivity index (χ0) is 18.9. The molecule has 1 N–H and O–H groups in total.